The van der Waals surface area contributed by atoms with Crippen molar-refractivity contribution in [2.75, 3.05) is 6.26 Å². The summed E-state index contributed by atoms with van der Waals surface area (Å²) in [5.41, 5.74) is 2.78. The Morgan fingerprint density at radius 1 is 1.11 bits per heavy atom. The molecule has 0 atom stereocenters. The van der Waals surface area contributed by atoms with E-state index in [9.17, 15) is 8.42 Å². The summed E-state index contributed by atoms with van der Waals surface area (Å²) >= 11 is 4.43. The lowest BCUT2D eigenvalue weighted by molar-refractivity contribution is 0.573. The third-order valence-corrected chi connectivity index (χ3v) is 8.46. The van der Waals surface area contributed by atoms with Crippen LogP contribution in [-0.2, 0) is 22.0 Å². The van der Waals surface area contributed by atoms with Gasteiger partial charge >= 0.3 is 0 Å². The van der Waals surface area contributed by atoms with E-state index in [-0.39, 0.29) is 12.0 Å². The number of thioether (sulfide) groups is 1. The summed E-state index contributed by atoms with van der Waals surface area (Å²) in [6.45, 7) is 6.62. The van der Waals surface area contributed by atoms with Crippen LogP contribution in [0.4, 0.5) is 0 Å². The Bertz CT molecular complexity index is 1010. The van der Waals surface area contributed by atoms with Crippen LogP contribution in [0.25, 0.3) is 10.6 Å². The zero-order chi connectivity index (χ0) is 19.7. The van der Waals surface area contributed by atoms with Gasteiger partial charge in [0.1, 0.15) is 9.22 Å². The van der Waals surface area contributed by atoms with Crippen molar-refractivity contribution in [1.29, 1.82) is 0 Å². The first-order valence-electron chi connectivity index (χ1n) is 8.36. The van der Waals surface area contributed by atoms with Crippen LogP contribution in [0.1, 0.15) is 32.0 Å². The van der Waals surface area contributed by atoms with E-state index in [2.05, 4.69) is 30.5 Å². The van der Waals surface area contributed by atoms with Gasteiger partial charge in [0.25, 0.3) is 0 Å². The monoisotopic (exact) mass is 438 g/mol. The Balaban J connectivity index is 1.73. The number of rotatable bonds is 6. The lowest BCUT2D eigenvalue weighted by Gasteiger charge is -2.14. The van der Waals surface area contributed by atoms with Gasteiger partial charge in [-0.25, -0.2) is 18.1 Å². The minimum absolute atomic E-state index is 0.0208. The Labute approximate surface area is 173 Å². The Morgan fingerprint density at radius 3 is 2.41 bits per heavy atom. The minimum atomic E-state index is -3.54. The Morgan fingerprint density at radius 2 is 1.81 bits per heavy atom. The summed E-state index contributed by atoms with van der Waals surface area (Å²) in [6.07, 6.45) is 2.01. The Hall–Kier alpha value is -1.19. The molecule has 0 radical (unpaired) electrons. The zero-order valence-electron chi connectivity index (χ0n) is 15.6. The van der Waals surface area contributed by atoms with Crippen molar-refractivity contribution in [3.63, 3.8) is 0 Å². The predicted octanol–water partition coefficient (Wildman–Crippen LogP) is 5.37. The van der Waals surface area contributed by atoms with Crippen LogP contribution in [-0.4, -0.2) is 19.7 Å². The van der Waals surface area contributed by atoms with E-state index in [1.54, 1.807) is 29.2 Å². The van der Waals surface area contributed by atoms with Gasteiger partial charge in [-0.3, -0.25) is 0 Å². The molecule has 2 aromatic heterocycles. The second-order valence-corrected chi connectivity index (χ2v) is 11.8. The zero-order valence-corrected chi connectivity index (χ0v) is 18.9. The fourth-order valence-corrected chi connectivity index (χ4v) is 6.06. The van der Waals surface area contributed by atoms with Crippen LogP contribution in [0.3, 0.4) is 0 Å². The first kappa shape index (κ1) is 20.5. The number of benzene rings is 1. The van der Waals surface area contributed by atoms with Gasteiger partial charge < -0.3 is 0 Å². The van der Waals surface area contributed by atoms with E-state index in [0.29, 0.717) is 4.21 Å². The quantitative estimate of drug-likeness (QED) is 0.526. The molecule has 8 heteroatoms. The van der Waals surface area contributed by atoms with E-state index >= 15 is 0 Å². The first-order valence-corrected chi connectivity index (χ1v) is 12.8. The van der Waals surface area contributed by atoms with Crippen molar-refractivity contribution in [2.24, 2.45) is 0 Å². The molecular formula is C19H22N2O2S4. The molecule has 0 aliphatic rings. The maximum atomic E-state index is 12.6. The molecule has 0 aliphatic carbocycles. The van der Waals surface area contributed by atoms with Gasteiger partial charge in [0.15, 0.2) is 0 Å². The standard InChI is InChI=1S/C19H22N2O2S4/c1-19(2,3)16-12-26-18(21-16)14-9-17(25-11-14)27(22,23)20-10-13-5-7-15(24-4)8-6-13/h5-9,11-12,20H,10H2,1-4H3. The van der Waals surface area contributed by atoms with Crippen molar-refractivity contribution in [2.45, 2.75) is 41.8 Å². The van der Waals surface area contributed by atoms with Crippen molar-refractivity contribution in [1.82, 2.24) is 9.71 Å². The van der Waals surface area contributed by atoms with Crippen LogP contribution in [0.5, 0.6) is 0 Å². The summed E-state index contributed by atoms with van der Waals surface area (Å²) in [4.78, 5) is 5.82. The molecule has 0 saturated heterocycles. The summed E-state index contributed by atoms with van der Waals surface area (Å²) in [5, 5.41) is 4.75. The van der Waals surface area contributed by atoms with Gasteiger partial charge in [0, 0.05) is 33.2 Å². The molecule has 1 N–H and O–H groups in total. The molecule has 27 heavy (non-hydrogen) atoms. The molecule has 0 saturated carbocycles. The number of sulfonamides is 1. The average molecular weight is 439 g/mol. The summed E-state index contributed by atoms with van der Waals surface area (Å²) in [7, 11) is -3.54. The molecule has 0 unspecified atom stereocenters. The second kappa shape index (κ2) is 8.05. The van der Waals surface area contributed by atoms with Crippen molar-refractivity contribution >= 4 is 44.5 Å². The summed E-state index contributed by atoms with van der Waals surface area (Å²) in [6, 6.07) is 9.57. The third-order valence-electron chi connectivity index (χ3n) is 3.99. The topological polar surface area (TPSA) is 59.1 Å². The van der Waals surface area contributed by atoms with Crippen molar-refractivity contribution in [3.8, 4) is 10.6 Å². The number of thiophene rings is 1. The van der Waals surface area contributed by atoms with Gasteiger partial charge in [0.2, 0.25) is 10.0 Å². The van der Waals surface area contributed by atoms with Crippen LogP contribution >= 0.6 is 34.4 Å². The van der Waals surface area contributed by atoms with Crippen LogP contribution in [0, 0.1) is 0 Å². The number of hydrogen-bond acceptors (Lipinski definition) is 6. The number of nitrogens with zero attached hydrogens (tertiary/aromatic N) is 1. The fourth-order valence-electron chi connectivity index (χ4n) is 2.31. The molecule has 0 fully saturated rings. The number of aromatic nitrogens is 1. The molecule has 3 aromatic rings. The van der Waals surface area contributed by atoms with E-state index in [0.717, 1.165) is 26.7 Å². The highest BCUT2D eigenvalue weighted by Gasteiger charge is 2.21. The third kappa shape index (κ3) is 5.00. The first-order chi connectivity index (χ1) is 12.7. The molecule has 0 spiro atoms. The van der Waals surface area contributed by atoms with Gasteiger partial charge in [-0.1, -0.05) is 32.9 Å². The summed E-state index contributed by atoms with van der Waals surface area (Å²) in [5.74, 6) is 0. The average Bonchev–Trinajstić information content (AvgIpc) is 3.29. The highest BCUT2D eigenvalue weighted by molar-refractivity contribution is 7.98. The van der Waals surface area contributed by atoms with E-state index in [4.69, 9.17) is 0 Å². The highest BCUT2D eigenvalue weighted by Crippen LogP contribution is 2.33. The molecule has 2 heterocycles. The van der Waals surface area contributed by atoms with Crippen LogP contribution in [0.2, 0.25) is 0 Å². The van der Waals surface area contributed by atoms with Crippen LogP contribution in [0.15, 0.2) is 50.2 Å². The molecular weight excluding hydrogens is 416 g/mol. The van der Waals surface area contributed by atoms with Gasteiger partial charge in [-0.2, -0.15) is 0 Å². The maximum Gasteiger partial charge on any atom is 0.250 e. The molecule has 0 bridgehead atoms. The van der Waals surface area contributed by atoms with Gasteiger partial charge in [-0.05, 0) is 30.0 Å². The second-order valence-electron chi connectivity index (χ2n) is 7.11. The SMILES string of the molecule is CSc1ccc(CNS(=O)(=O)c2cc(-c3nc(C(C)(C)C)cs3)cs2)cc1. The maximum absolute atomic E-state index is 12.6. The highest BCUT2D eigenvalue weighted by atomic mass is 32.2. The van der Waals surface area contributed by atoms with Gasteiger partial charge in [-0.15, -0.1) is 34.4 Å². The smallest absolute Gasteiger partial charge is 0.241 e. The fraction of sp³-hybridized carbons (Fsp3) is 0.316. The number of hydrogen-bond donors (Lipinski definition) is 1. The molecule has 1 aromatic carbocycles. The lowest BCUT2D eigenvalue weighted by Crippen LogP contribution is -2.22. The van der Waals surface area contributed by atoms with E-state index in [1.165, 1.54) is 11.3 Å². The van der Waals surface area contributed by atoms with Gasteiger partial charge in [0.05, 0.1) is 5.69 Å². The molecule has 144 valence electrons. The van der Waals surface area contributed by atoms with E-state index in [1.807, 2.05) is 41.3 Å². The molecule has 4 nitrogen and oxygen atoms in total. The predicted molar refractivity (Wildman–Crippen MR) is 116 cm³/mol. The van der Waals surface area contributed by atoms with Crippen molar-refractivity contribution < 1.29 is 8.42 Å². The lowest BCUT2D eigenvalue weighted by atomic mass is 9.93. The largest absolute Gasteiger partial charge is 0.250 e. The molecule has 0 aliphatic heterocycles. The molecule has 0 amide bonds. The van der Waals surface area contributed by atoms with Crippen molar-refractivity contribution in [3.05, 3.63) is 52.3 Å². The van der Waals surface area contributed by atoms with Crippen LogP contribution < -0.4 is 4.72 Å². The number of nitrogens with one attached hydrogen (secondary N) is 1. The minimum Gasteiger partial charge on any atom is -0.241 e. The summed E-state index contributed by atoms with van der Waals surface area (Å²) < 4.78 is 28.2. The normalized spacial score (nSPS) is 12.4. The Kier molecular flexibility index (Phi) is 6.12. The number of thiazole rings is 1. The van der Waals surface area contributed by atoms with E-state index < -0.39 is 10.0 Å². The molecule has 3 rings (SSSR count).